The molecule has 0 fully saturated rings. The fourth-order valence-electron chi connectivity index (χ4n) is 1.69. The van der Waals surface area contributed by atoms with Gasteiger partial charge >= 0.3 is 0 Å². The van der Waals surface area contributed by atoms with Crippen molar-refractivity contribution in [2.45, 2.75) is 26.3 Å². The van der Waals surface area contributed by atoms with Gasteiger partial charge < -0.3 is 5.73 Å². The van der Waals surface area contributed by atoms with Crippen LogP contribution < -0.4 is 5.73 Å². The van der Waals surface area contributed by atoms with Gasteiger partial charge in [0.05, 0.1) is 0 Å². The molecule has 0 aliphatic rings. The van der Waals surface area contributed by atoms with Crippen LogP contribution in [-0.4, -0.2) is 21.0 Å². The molecule has 2 rings (SSSR count). The first-order chi connectivity index (χ1) is 8.16. The highest BCUT2D eigenvalue weighted by molar-refractivity contribution is 5.58. The first-order valence-electron chi connectivity index (χ1n) is 5.65. The molecule has 0 aromatic carbocycles. The Bertz CT molecular complexity index is 508. The van der Waals surface area contributed by atoms with Crippen LogP contribution in [0.25, 0.3) is 11.4 Å². The zero-order chi connectivity index (χ0) is 12.3. The average Bonchev–Trinajstić information content (AvgIpc) is 2.29. The van der Waals surface area contributed by atoms with Gasteiger partial charge in [-0.15, -0.1) is 0 Å². The number of nitrogens with zero attached hydrogens (tertiary/aromatic N) is 3. The highest BCUT2D eigenvalue weighted by Gasteiger charge is 2.06. The lowest BCUT2D eigenvalue weighted by Gasteiger charge is -2.07. The number of pyridine rings is 1. The van der Waals surface area contributed by atoms with Crippen molar-refractivity contribution >= 4 is 0 Å². The Morgan fingerprint density at radius 3 is 2.82 bits per heavy atom. The summed E-state index contributed by atoms with van der Waals surface area (Å²) < 4.78 is 0. The van der Waals surface area contributed by atoms with E-state index in [1.165, 1.54) is 0 Å². The fraction of sp³-hybridized carbons (Fsp3) is 0.308. The molecule has 4 heteroatoms. The van der Waals surface area contributed by atoms with Crippen LogP contribution >= 0.6 is 0 Å². The minimum Gasteiger partial charge on any atom is -0.328 e. The minimum absolute atomic E-state index is 0.108. The molecule has 4 nitrogen and oxygen atoms in total. The predicted octanol–water partition coefficient (Wildman–Crippen LogP) is 1.74. The van der Waals surface area contributed by atoms with E-state index in [-0.39, 0.29) is 6.04 Å². The van der Waals surface area contributed by atoms with Gasteiger partial charge in [0.25, 0.3) is 0 Å². The van der Waals surface area contributed by atoms with Crippen LogP contribution in [0.2, 0.25) is 0 Å². The van der Waals surface area contributed by atoms with Crippen molar-refractivity contribution in [3.63, 3.8) is 0 Å². The van der Waals surface area contributed by atoms with Gasteiger partial charge in [-0.3, -0.25) is 4.98 Å². The van der Waals surface area contributed by atoms with E-state index in [0.29, 0.717) is 0 Å². The van der Waals surface area contributed by atoms with Crippen molar-refractivity contribution in [3.05, 3.63) is 42.0 Å². The van der Waals surface area contributed by atoms with Gasteiger partial charge in [-0.05, 0) is 31.5 Å². The molecule has 2 heterocycles. The van der Waals surface area contributed by atoms with Crippen molar-refractivity contribution in [1.82, 2.24) is 15.0 Å². The van der Waals surface area contributed by atoms with Gasteiger partial charge in [0.2, 0.25) is 0 Å². The molecule has 2 N–H and O–H groups in total. The van der Waals surface area contributed by atoms with Crippen LogP contribution in [0.4, 0.5) is 0 Å². The van der Waals surface area contributed by atoms with Crippen LogP contribution in [0.15, 0.2) is 30.7 Å². The van der Waals surface area contributed by atoms with E-state index in [2.05, 4.69) is 15.0 Å². The maximum atomic E-state index is 5.77. The molecule has 2 aromatic rings. The Hall–Kier alpha value is -1.81. The molecule has 0 radical (unpaired) electrons. The minimum atomic E-state index is 0.108. The summed E-state index contributed by atoms with van der Waals surface area (Å²) in [6.45, 7) is 3.98. The third-order valence-electron chi connectivity index (χ3n) is 2.51. The molecular formula is C13H16N4. The summed E-state index contributed by atoms with van der Waals surface area (Å²) in [5, 5.41) is 0. The Kier molecular flexibility index (Phi) is 3.44. The summed E-state index contributed by atoms with van der Waals surface area (Å²) in [5.41, 5.74) is 8.84. The Morgan fingerprint density at radius 2 is 2.12 bits per heavy atom. The normalized spacial score (nSPS) is 12.4. The maximum absolute atomic E-state index is 5.77. The molecule has 0 saturated carbocycles. The first kappa shape index (κ1) is 11.7. The van der Waals surface area contributed by atoms with Crippen molar-refractivity contribution in [1.29, 1.82) is 0 Å². The number of aryl methyl sites for hydroxylation is 1. The molecule has 0 aliphatic heterocycles. The largest absolute Gasteiger partial charge is 0.328 e. The Labute approximate surface area is 101 Å². The summed E-state index contributed by atoms with van der Waals surface area (Å²) in [7, 11) is 0. The van der Waals surface area contributed by atoms with Crippen molar-refractivity contribution in [3.8, 4) is 11.4 Å². The summed E-state index contributed by atoms with van der Waals surface area (Å²) in [5.74, 6) is 0.739. The standard InChI is InChI=1S/C13H16N4/c1-9-8-15-5-4-12(9)13-16-6-3-11(17-13)7-10(2)14/h3-6,8,10H,7,14H2,1-2H3. The van der Waals surface area contributed by atoms with E-state index in [1.54, 1.807) is 12.4 Å². The lowest BCUT2D eigenvalue weighted by molar-refractivity contribution is 0.720. The van der Waals surface area contributed by atoms with Crippen LogP contribution in [-0.2, 0) is 6.42 Å². The zero-order valence-electron chi connectivity index (χ0n) is 10.1. The number of hydrogen-bond acceptors (Lipinski definition) is 4. The molecule has 17 heavy (non-hydrogen) atoms. The van der Waals surface area contributed by atoms with Crippen molar-refractivity contribution in [2.24, 2.45) is 5.73 Å². The van der Waals surface area contributed by atoms with Crippen molar-refractivity contribution in [2.75, 3.05) is 0 Å². The monoisotopic (exact) mass is 228 g/mol. The third-order valence-corrected chi connectivity index (χ3v) is 2.51. The van der Waals surface area contributed by atoms with Gasteiger partial charge in [-0.2, -0.15) is 0 Å². The van der Waals surface area contributed by atoms with Gasteiger partial charge in [0, 0.05) is 42.3 Å². The van der Waals surface area contributed by atoms with Crippen LogP contribution in [0.3, 0.4) is 0 Å². The SMILES string of the molecule is Cc1cnccc1-c1nccc(CC(C)N)n1. The van der Waals surface area contributed by atoms with E-state index in [9.17, 15) is 0 Å². The van der Waals surface area contributed by atoms with Gasteiger partial charge in [0.15, 0.2) is 5.82 Å². The molecule has 0 amide bonds. The quantitative estimate of drug-likeness (QED) is 0.869. The molecule has 1 atom stereocenters. The molecule has 0 spiro atoms. The fourth-order valence-corrected chi connectivity index (χ4v) is 1.69. The molecule has 1 unspecified atom stereocenters. The lowest BCUT2D eigenvalue weighted by Crippen LogP contribution is -2.18. The second-order valence-electron chi connectivity index (χ2n) is 4.24. The lowest BCUT2D eigenvalue weighted by atomic mass is 10.1. The maximum Gasteiger partial charge on any atom is 0.159 e. The molecule has 2 aromatic heterocycles. The molecule has 0 saturated heterocycles. The van der Waals surface area contributed by atoms with Crippen LogP contribution in [0, 0.1) is 6.92 Å². The molecule has 0 aliphatic carbocycles. The van der Waals surface area contributed by atoms with E-state index >= 15 is 0 Å². The zero-order valence-corrected chi connectivity index (χ0v) is 10.1. The summed E-state index contributed by atoms with van der Waals surface area (Å²) >= 11 is 0. The van der Waals surface area contributed by atoms with Crippen LogP contribution in [0.5, 0.6) is 0 Å². The predicted molar refractivity (Wildman–Crippen MR) is 67.4 cm³/mol. The second kappa shape index (κ2) is 5.01. The molecule has 0 bridgehead atoms. The molecular weight excluding hydrogens is 212 g/mol. The number of aromatic nitrogens is 3. The highest BCUT2D eigenvalue weighted by Crippen LogP contribution is 2.18. The summed E-state index contributed by atoms with van der Waals surface area (Å²) in [6.07, 6.45) is 6.11. The number of hydrogen-bond donors (Lipinski definition) is 1. The van der Waals surface area contributed by atoms with Crippen LogP contribution in [0.1, 0.15) is 18.2 Å². The Morgan fingerprint density at radius 1 is 1.29 bits per heavy atom. The van der Waals surface area contributed by atoms with Crippen molar-refractivity contribution < 1.29 is 0 Å². The van der Waals surface area contributed by atoms with Gasteiger partial charge in [0.1, 0.15) is 0 Å². The van der Waals surface area contributed by atoms with E-state index in [1.807, 2.05) is 32.2 Å². The number of rotatable bonds is 3. The van der Waals surface area contributed by atoms with Gasteiger partial charge in [-0.25, -0.2) is 9.97 Å². The average molecular weight is 228 g/mol. The highest BCUT2D eigenvalue weighted by atomic mass is 14.9. The Balaban J connectivity index is 2.37. The third kappa shape index (κ3) is 2.85. The van der Waals surface area contributed by atoms with E-state index < -0.39 is 0 Å². The molecule has 88 valence electrons. The van der Waals surface area contributed by atoms with Gasteiger partial charge in [-0.1, -0.05) is 0 Å². The number of nitrogens with two attached hydrogens (primary N) is 1. The van der Waals surface area contributed by atoms with E-state index in [4.69, 9.17) is 5.73 Å². The van der Waals surface area contributed by atoms with E-state index in [0.717, 1.165) is 29.1 Å². The summed E-state index contributed by atoms with van der Waals surface area (Å²) in [4.78, 5) is 12.9. The summed E-state index contributed by atoms with van der Waals surface area (Å²) in [6, 6.07) is 3.94. The first-order valence-corrected chi connectivity index (χ1v) is 5.65. The smallest absolute Gasteiger partial charge is 0.159 e. The topological polar surface area (TPSA) is 64.7 Å². The second-order valence-corrected chi connectivity index (χ2v) is 4.24.